The van der Waals surface area contributed by atoms with E-state index in [1.54, 1.807) is 36.4 Å². The molecule has 0 aliphatic carbocycles. The zero-order valence-electron chi connectivity index (χ0n) is 14.7. The Morgan fingerprint density at radius 1 is 0.846 bits per heavy atom. The maximum atomic E-state index is 12.6. The number of hydrogen-bond acceptors (Lipinski definition) is 4. The summed E-state index contributed by atoms with van der Waals surface area (Å²) in [5.41, 5.74) is 0.974. The van der Waals surface area contributed by atoms with Crippen LogP contribution < -0.4 is 15.4 Å². The number of sulfonamides is 1. The van der Waals surface area contributed by atoms with Gasteiger partial charge >= 0.3 is 0 Å². The van der Waals surface area contributed by atoms with E-state index < -0.39 is 15.9 Å². The van der Waals surface area contributed by atoms with Crippen LogP contribution in [0.1, 0.15) is 34.6 Å². The summed E-state index contributed by atoms with van der Waals surface area (Å²) in [6, 6.07) is 12.8. The second kappa shape index (κ2) is 8.01. The molecule has 2 aromatic rings. The normalized spacial score (nSPS) is 11.1. The van der Waals surface area contributed by atoms with Crippen molar-refractivity contribution in [3.63, 3.8) is 0 Å². The van der Waals surface area contributed by atoms with Gasteiger partial charge in [0.15, 0.2) is 0 Å². The molecule has 0 saturated carbocycles. The Morgan fingerprint density at radius 2 is 1.35 bits per heavy atom. The number of nitrogens with one attached hydrogen (secondary N) is 3. The van der Waals surface area contributed by atoms with Gasteiger partial charge in [-0.1, -0.05) is 24.3 Å². The number of amides is 2. The Bertz CT molecular complexity index is 924. The van der Waals surface area contributed by atoms with E-state index >= 15 is 0 Å². The van der Waals surface area contributed by atoms with Gasteiger partial charge in [0.05, 0.1) is 28.8 Å². The first-order chi connectivity index (χ1) is 12.2. The van der Waals surface area contributed by atoms with Gasteiger partial charge < -0.3 is 10.6 Å². The van der Waals surface area contributed by atoms with Gasteiger partial charge in [-0.05, 0) is 38.1 Å². The van der Waals surface area contributed by atoms with E-state index in [1.165, 1.54) is 12.1 Å². The minimum atomic E-state index is -3.54. The van der Waals surface area contributed by atoms with E-state index in [9.17, 15) is 18.0 Å². The van der Waals surface area contributed by atoms with Crippen molar-refractivity contribution >= 4 is 33.2 Å². The smallest absolute Gasteiger partial charge is 0.257 e. The molecule has 0 radical (unpaired) electrons. The van der Waals surface area contributed by atoms with Crippen LogP contribution in [0.5, 0.6) is 0 Å². The quantitative estimate of drug-likeness (QED) is 0.721. The molecular formula is C18H21N3O4S. The number of anilines is 2. The van der Waals surface area contributed by atoms with Crippen molar-refractivity contribution < 1.29 is 18.0 Å². The monoisotopic (exact) mass is 375 g/mol. The fourth-order valence-corrected chi connectivity index (χ4v) is 2.87. The molecule has 138 valence electrons. The standard InChI is InChI=1S/C18H21N3O4S/c1-12(2)19-17(22)13-8-4-6-10-15(13)20-18(23)14-9-5-7-11-16(14)21-26(3,24)25/h4-12,21H,1-3H3,(H,19,22)(H,20,23). The van der Waals surface area contributed by atoms with E-state index in [1.807, 2.05) is 13.8 Å². The molecule has 26 heavy (non-hydrogen) atoms. The summed E-state index contributed by atoms with van der Waals surface area (Å²) < 4.78 is 25.3. The summed E-state index contributed by atoms with van der Waals surface area (Å²) in [5.74, 6) is -0.833. The van der Waals surface area contributed by atoms with Gasteiger partial charge in [-0.15, -0.1) is 0 Å². The first-order valence-corrected chi connectivity index (χ1v) is 9.84. The lowest BCUT2D eigenvalue weighted by Gasteiger charge is -2.14. The van der Waals surface area contributed by atoms with Crippen molar-refractivity contribution in [1.29, 1.82) is 0 Å². The first-order valence-electron chi connectivity index (χ1n) is 7.95. The minimum Gasteiger partial charge on any atom is -0.350 e. The maximum absolute atomic E-state index is 12.6. The van der Waals surface area contributed by atoms with Crippen molar-refractivity contribution in [1.82, 2.24) is 5.32 Å². The maximum Gasteiger partial charge on any atom is 0.257 e. The van der Waals surface area contributed by atoms with E-state index in [0.29, 0.717) is 11.3 Å². The van der Waals surface area contributed by atoms with E-state index in [0.717, 1.165) is 6.26 Å². The second-order valence-electron chi connectivity index (χ2n) is 6.05. The van der Waals surface area contributed by atoms with Gasteiger partial charge in [-0.3, -0.25) is 14.3 Å². The van der Waals surface area contributed by atoms with Crippen LogP contribution in [0.4, 0.5) is 11.4 Å². The molecule has 8 heteroatoms. The third-order valence-electron chi connectivity index (χ3n) is 3.31. The highest BCUT2D eigenvalue weighted by Crippen LogP contribution is 2.20. The summed E-state index contributed by atoms with van der Waals surface area (Å²) in [4.78, 5) is 24.9. The molecule has 0 bridgehead atoms. The summed E-state index contributed by atoms with van der Waals surface area (Å²) in [6.07, 6.45) is 1.01. The molecule has 2 amide bonds. The largest absolute Gasteiger partial charge is 0.350 e. The van der Waals surface area contributed by atoms with E-state index in [4.69, 9.17) is 0 Å². The number of benzene rings is 2. The lowest BCUT2D eigenvalue weighted by Crippen LogP contribution is -2.31. The summed E-state index contributed by atoms with van der Waals surface area (Å²) in [6.45, 7) is 3.68. The van der Waals surface area contributed by atoms with Crippen LogP contribution >= 0.6 is 0 Å². The summed E-state index contributed by atoms with van der Waals surface area (Å²) in [5, 5.41) is 5.45. The Hall–Kier alpha value is -2.87. The fourth-order valence-electron chi connectivity index (χ4n) is 2.29. The van der Waals surface area contributed by atoms with Crippen molar-refractivity contribution in [3.05, 3.63) is 59.7 Å². The average Bonchev–Trinajstić information content (AvgIpc) is 2.53. The second-order valence-corrected chi connectivity index (χ2v) is 7.80. The lowest BCUT2D eigenvalue weighted by molar-refractivity contribution is 0.0944. The highest BCUT2D eigenvalue weighted by atomic mass is 32.2. The van der Waals surface area contributed by atoms with E-state index in [2.05, 4.69) is 15.4 Å². The number of carbonyl (C=O) groups excluding carboxylic acids is 2. The minimum absolute atomic E-state index is 0.0501. The van der Waals surface area contributed by atoms with Gasteiger partial charge in [0, 0.05) is 6.04 Å². The Labute approximate surface area is 152 Å². The van der Waals surface area contributed by atoms with Crippen LogP contribution in [0, 0.1) is 0 Å². The molecule has 3 N–H and O–H groups in total. The van der Waals surface area contributed by atoms with Gasteiger partial charge in [0.2, 0.25) is 10.0 Å². The summed E-state index contributed by atoms with van der Waals surface area (Å²) >= 11 is 0. The highest BCUT2D eigenvalue weighted by molar-refractivity contribution is 7.92. The molecule has 2 aromatic carbocycles. The Kier molecular flexibility index (Phi) is 5.99. The van der Waals surface area contributed by atoms with E-state index in [-0.39, 0.29) is 23.2 Å². The average molecular weight is 375 g/mol. The SMILES string of the molecule is CC(C)NC(=O)c1ccccc1NC(=O)c1ccccc1NS(C)(=O)=O. The van der Waals surface area contributed by atoms with Gasteiger partial charge in [-0.25, -0.2) is 8.42 Å². The van der Waals surface area contributed by atoms with Crippen LogP contribution in [0.2, 0.25) is 0 Å². The molecule has 0 saturated heterocycles. The van der Waals surface area contributed by atoms with Crippen LogP contribution in [0.15, 0.2) is 48.5 Å². The van der Waals surface area contributed by atoms with Crippen LogP contribution in [-0.4, -0.2) is 32.5 Å². The topological polar surface area (TPSA) is 104 Å². The van der Waals surface area contributed by atoms with Gasteiger partial charge in [-0.2, -0.15) is 0 Å². The molecule has 2 rings (SSSR count). The zero-order valence-corrected chi connectivity index (χ0v) is 15.6. The zero-order chi connectivity index (χ0) is 19.3. The molecule has 0 unspecified atom stereocenters. The molecule has 0 spiro atoms. The molecule has 0 aromatic heterocycles. The molecule has 0 atom stereocenters. The molecule has 0 aliphatic rings. The molecular weight excluding hydrogens is 354 g/mol. The number of para-hydroxylation sites is 2. The third-order valence-corrected chi connectivity index (χ3v) is 3.90. The van der Waals surface area contributed by atoms with Crippen LogP contribution in [-0.2, 0) is 10.0 Å². The van der Waals surface area contributed by atoms with Crippen molar-refractivity contribution in [3.8, 4) is 0 Å². The fraction of sp³-hybridized carbons (Fsp3) is 0.222. The number of rotatable bonds is 6. The molecule has 0 heterocycles. The first kappa shape index (κ1) is 19.5. The van der Waals surface area contributed by atoms with Crippen molar-refractivity contribution in [2.75, 3.05) is 16.3 Å². The van der Waals surface area contributed by atoms with Gasteiger partial charge in [0.25, 0.3) is 11.8 Å². The van der Waals surface area contributed by atoms with Crippen LogP contribution in [0.3, 0.4) is 0 Å². The van der Waals surface area contributed by atoms with Crippen molar-refractivity contribution in [2.45, 2.75) is 19.9 Å². The predicted molar refractivity (Wildman–Crippen MR) is 102 cm³/mol. The predicted octanol–water partition coefficient (Wildman–Crippen LogP) is 2.45. The number of carbonyl (C=O) groups is 2. The molecule has 7 nitrogen and oxygen atoms in total. The highest BCUT2D eigenvalue weighted by Gasteiger charge is 2.17. The molecule has 0 aliphatic heterocycles. The Morgan fingerprint density at radius 3 is 1.88 bits per heavy atom. The number of hydrogen-bond donors (Lipinski definition) is 3. The van der Waals surface area contributed by atoms with Crippen molar-refractivity contribution in [2.24, 2.45) is 0 Å². The molecule has 0 fully saturated rings. The third kappa shape index (κ3) is 5.32. The lowest BCUT2D eigenvalue weighted by atomic mass is 10.1. The van der Waals surface area contributed by atoms with Crippen LogP contribution in [0.25, 0.3) is 0 Å². The Balaban J connectivity index is 2.31. The van der Waals surface area contributed by atoms with Gasteiger partial charge in [0.1, 0.15) is 0 Å². The summed E-state index contributed by atoms with van der Waals surface area (Å²) in [7, 11) is -3.54.